The van der Waals surface area contributed by atoms with Crippen LogP contribution in [0, 0.1) is 17.2 Å². The number of methoxy groups -OCH3 is 1. The highest BCUT2D eigenvalue weighted by Crippen LogP contribution is 2.38. The fourth-order valence-electron chi connectivity index (χ4n) is 4.83. The second kappa shape index (κ2) is 14.6. The van der Waals surface area contributed by atoms with Crippen molar-refractivity contribution in [3.63, 3.8) is 0 Å². The van der Waals surface area contributed by atoms with Crippen molar-refractivity contribution in [3.05, 3.63) is 47.8 Å². The smallest absolute Gasteiger partial charge is 0.496 e. The molecule has 0 radical (unpaired) electrons. The van der Waals surface area contributed by atoms with Gasteiger partial charge < -0.3 is 35.4 Å². The van der Waals surface area contributed by atoms with E-state index in [4.69, 9.17) is 9.47 Å². The summed E-state index contributed by atoms with van der Waals surface area (Å²) >= 11 is 0. The summed E-state index contributed by atoms with van der Waals surface area (Å²) in [5, 5.41) is 33.4. The predicted octanol–water partition coefficient (Wildman–Crippen LogP) is 3.27. The van der Waals surface area contributed by atoms with Crippen LogP contribution < -0.4 is 20.1 Å². The molecule has 46 heavy (non-hydrogen) atoms. The molecule has 2 aromatic rings. The van der Waals surface area contributed by atoms with E-state index >= 15 is 0 Å². The number of hydrogen-bond donors (Lipinski definition) is 5. The molecule has 2 amide bonds. The fourth-order valence-corrected chi connectivity index (χ4v) is 5.63. The third-order valence-corrected chi connectivity index (χ3v) is 9.19. The van der Waals surface area contributed by atoms with Gasteiger partial charge >= 0.3 is 11.5 Å². The largest absolute Gasteiger partial charge is 0.501 e. The van der Waals surface area contributed by atoms with E-state index in [1.54, 1.807) is 6.92 Å². The second-order valence-corrected chi connectivity index (χ2v) is 13.1. The van der Waals surface area contributed by atoms with Crippen molar-refractivity contribution in [2.45, 2.75) is 61.6 Å². The van der Waals surface area contributed by atoms with Gasteiger partial charge in [-0.3, -0.25) is 14.4 Å². The van der Waals surface area contributed by atoms with E-state index in [9.17, 15) is 55.7 Å². The number of hydrogen-bond acceptors (Lipinski definition) is 9. The minimum absolute atomic E-state index is 0.191. The molecule has 2 atom stereocenters. The lowest BCUT2D eigenvalue weighted by atomic mass is 9.75. The Hall–Kier alpha value is -3.96. The van der Waals surface area contributed by atoms with E-state index < -0.39 is 87.0 Å². The van der Waals surface area contributed by atoms with Gasteiger partial charge in [-0.1, -0.05) is 6.07 Å². The van der Waals surface area contributed by atoms with Crippen molar-refractivity contribution in [2.75, 3.05) is 25.6 Å². The molecule has 0 bridgehead atoms. The van der Waals surface area contributed by atoms with Crippen LogP contribution in [-0.2, 0) is 19.4 Å². The standard InChI is InChI=1S/C29H34F4N2O10S/c1-28(27(40)41)8-6-19(7-9-28)45-24-12-21(23(44-2)13-22(24)30)26(39)34-14-16(10-18(37)15-36)25(38)35-17-4-3-5-20(11-17)46(42,43)29(31,32)33/h3-5,11-13,16,18-19,36-37H,6-10,14-15H2,1-2H3,(H,34,39)(H,35,38)(H,40,41)/t16-,18-,19?,28?/m0/s1. The molecule has 12 nitrogen and oxygen atoms in total. The molecule has 0 unspecified atom stereocenters. The number of carboxylic acids is 1. The van der Waals surface area contributed by atoms with Crippen LogP contribution in [0.15, 0.2) is 41.3 Å². The molecule has 1 aliphatic carbocycles. The molecule has 3 rings (SSSR count). The van der Waals surface area contributed by atoms with Crippen molar-refractivity contribution in [1.29, 1.82) is 0 Å². The lowest BCUT2D eigenvalue weighted by molar-refractivity contribution is -0.150. The molecule has 0 aromatic heterocycles. The Morgan fingerprint density at radius 1 is 1.11 bits per heavy atom. The first-order chi connectivity index (χ1) is 21.4. The van der Waals surface area contributed by atoms with Gasteiger partial charge in [-0.2, -0.15) is 13.2 Å². The van der Waals surface area contributed by atoms with Crippen LogP contribution in [0.2, 0.25) is 0 Å². The Balaban J connectivity index is 1.77. The molecule has 17 heteroatoms. The number of sulfone groups is 1. The molecule has 0 saturated heterocycles. The van der Waals surface area contributed by atoms with Gasteiger partial charge in [0.25, 0.3) is 15.7 Å². The normalized spacial score (nSPS) is 19.9. The monoisotopic (exact) mass is 678 g/mol. The van der Waals surface area contributed by atoms with E-state index in [2.05, 4.69) is 10.6 Å². The number of aliphatic hydroxyl groups excluding tert-OH is 2. The summed E-state index contributed by atoms with van der Waals surface area (Å²) in [6.07, 6.45) is -1.15. The van der Waals surface area contributed by atoms with Crippen molar-refractivity contribution >= 4 is 33.3 Å². The number of aliphatic carboxylic acids is 1. The molecule has 254 valence electrons. The SMILES string of the molecule is COc1cc(F)c(OC2CCC(C)(C(=O)O)CC2)cc1C(=O)NC[C@H](C[C@H](O)CO)C(=O)Nc1cccc(S(=O)(=O)C(F)(F)F)c1. The maximum Gasteiger partial charge on any atom is 0.501 e. The average Bonchev–Trinajstić information content (AvgIpc) is 3.00. The summed E-state index contributed by atoms with van der Waals surface area (Å²) in [7, 11) is -4.53. The van der Waals surface area contributed by atoms with Crippen molar-refractivity contribution < 1.29 is 65.2 Å². The molecule has 1 aliphatic rings. The molecule has 5 N–H and O–H groups in total. The summed E-state index contributed by atoms with van der Waals surface area (Å²) < 4.78 is 88.2. The quantitative estimate of drug-likeness (QED) is 0.197. The van der Waals surface area contributed by atoms with Gasteiger partial charge in [0.05, 0.1) is 47.7 Å². The van der Waals surface area contributed by atoms with Crippen molar-refractivity contribution in [1.82, 2.24) is 5.32 Å². The number of rotatable bonds is 13. The van der Waals surface area contributed by atoms with Crippen LogP contribution in [0.5, 0.6) is 11.5 Å². The minimum Gasteiger partial charge on any atom is -0.496 e. The van der Waals surface area contributed by atoms with Crippen molar-refractivity contribution in [3.8, 4) is 11.5 Å². The van der Waals surface area contributed by atoms with Crippen molar-refractivity contribution in [2.24, 2.45) is 11.3 Å². The number of ether oxygens (including phenoxy) is 2. The van der Waals surface area contributed by atoms with Crippen LogP contribution >= 0.6 is 0 Å². The van der Waals surface area contributed by atoms with E-state index in [1.165, 1.54) is 7.11 Å². The maximum absolute atomic E-state index is 14.9. The van der Waals surface area contributed by atoms with E-state index in [0.717, 1.165) is 24.3 Å². The average molecular weight is 679 g/mol. The van der Waals surface area contributed by atoms with Gasteiger partial charge in [-0.15, -0.1) is 0 Å². The molecule has 2 aromatic carbocycles. The first-order valence-electron chi connectivity index (χ1n) is 14.0. The number of anilines is 1. The van der Waals surface area contributed by atoms with Crippen LogP contribution in [0.4, 0.5) is 23.2 Å². The highest BCUT2D eigenvalue weighted by atomic mass is 32.2. The molecule has 1 fully saturated rings. The Labute approximate surface area is 261 Å². The van der Waals surface area contributed by atoms with E-state index in [1.807, 2.05) is 0 Å². The second-order valence-electron chi connectivity index (χ2n) is 11.1. The van der Waals surface area contributed by atoms with Gasteiger partial charge in [-0.25, -0.2) is 12.8 Å². The lowest BCUT2D eigenvalue weighted by Gasteiger charge is -2.34. The van der Waals surface area contributed by atoms with E-state index in [0.29, 0.717) is 37.8 Å². The van der Waals surface area contributed by atoms with Gasteiger partial charge in [0, 0.05) is 18.3 Å². The van der Waals surface area contributed by atoms with Crippen LogP contribution in [-0.4, -0.2) is 79.5 Å². The van der Waals surface area contributed by atoms with E-state index in [-0.39, 0.29) is 22.7 Å². The Morgan fingerprint density at radius 3 is 2.33 bits per heavy atom. The summed E-state index contributed by atoms with van der Waals surface area (Å²) in [5.41, 5.74) is -7.03. The summed E-state index contributed by atoms with van der Waals surface area (Å²) in [6.45, 7) is 0.357. The lowest BCUT2D eigenvalue weighted by Crippen LogP contribution is -2.38. The number of alkyl halides is 3. The number of carboxylic acid groups (broad SMARTS) is 1. The fraction of sp³-hybridized carbons (Fsp3) is 0.483. The Morgan fingerprint density at radius 2 is 1.76 bits per heavy atom. The molecule has 0 heterocycles. The van der Waals surface area contributed by atoms with Gasteiger partial charge in [0.1, 0.15) is 5.75 Å². The first-order valence-corrected chi connectivity index (χ1v) is 15.5. The predicted molar refractivity (Wildman–Crippen MR) is 153 cm³/mol. The minimum atomic E-state index is -5.72. The Kier molecular flexibility index (Phi) is 11.6. The molecule has 0 spiro atoms. The number of carbonyl (C=O) groups excluding carboxylic acids is 2. The summed E-state index contributed by atoms with van der Waals surface area (Å²) in [5.74, 6) is -5.37. The molecular formula is C29H34F4N2O10S. The van der Waals surface area contributed by atoms with Gasteiger partial charge in [-0.05, 0) is 63.3 Å². The molecule has 0 aliphatic heterocycles. The number of nitrogens with one attached hydrogen (secondary N) is 2. The zero-order chi connectivity index (χ0) is 34.4. The van der Waals surface area contributed by atoms with Crippen LogP contribution in [0.25, 0.3) is 0 Å². The van der Waals surface area contributed by atoms with Gasteiger partial charge in [0.2, 0.25) is 5.91 Å². The zero-order valence-electron chi connectivity index (χ0n) is 24.8. The topological polar surface area (TPSA) is 189 Å². The third kappa shape index (κ3) is 8.64. The Bertz CT molecular complexity index is 1540. The third-order valence-electron chi connectivity index (χ3n) is 7.71. The number of halogens is 4. The van der Waals surface area contributed by atoms with Crippen LogP contribution in [0.3, 0.4) is 0 Å². The number of amides is 2. The maximum atomic E-state index is 14.9. The summed E-state index contributed by atoms with van der Waals surface area (Å²) in [6, 6.07) is 5.39. The van der Waals surface area contributed by atoms with Crippen LogP contribution in [0.1, 0.15) is 49.4 Å². The molecule has 1 saturated carbocycles. The molecular weight excluding hydrogens is 644 g/mol. The number of aliphatic hydroxyl groups is 2. The first kappa shape index (κ1) is 36.5. The number of carbonyl (C=O) groups is 3. The highest BCUT2D eigenvalue weighted by molar-refractivity contribution is 7.92. The highest BCUT2D eigenvalue weighted by Gasteiger charge is 2.47. The summed E-state index contributed by atoms with van der Waals surface area (Å²) in [4.78, 5) is 36.6. The number of benzene rings is 2. The zero-order valence-corrected chi connectivity index (χ0v) is 25.6. The van der Waals surface area contributed by atoms with Gasteiger partial charge in [0.15, 0.2) is 11.6 Å².